The highest BCUT2D eigenvalue weighted by atomic mass is 32.2. The van der Waals surface area contributed by atoms with Crippen LogP contribution < -0.4 is 0 Å². The van der Waals surface area contributed by atoms with E-state index in [1.165, 1.54) is 18.2 Å². The van der Waals surface area contributed by atoms with E-state index in [2.05, 4.69) is 14.7 Å². The summed E-state index contributed by atoms with van der Waals surface area (Å²) in [5.41, 5.74) is 0.307. The number of alkyl halides is 3. The summed E-state index contributed by atoms with van der Waals surface area (Å²) in [6.45, 7) is 0. The molecule has 0 bridgehead atoms. The van der Waals surface area contributed by atoms with Gasteiger partial charge in [-0.05, 0) is 30.3 Å². The molecule has 0 saturated carbocycles. The first-order valence-electron chi connectivity index (χ1n) is 6.47. The van der Waals surface area contributed by atoms with E-state index in [9.17, 15) is 22.0 Å². The number of halogens is 5. The van der Waals surface area contributed by atoms with Crippen LogP contribution >= 0.6 is 11.8 Å². The number of aromatic nitrogens is 2. The third-order valence-corrected chi connectivity index (χ3v) is 3.87. The fourth-order valence-corrected chi connectivity index (χ4v) is 2.73. The Bertz CT molecular complexity index is 878. The van der Waals surface area contributed by atoms with Gasteiger partial charge in [0.25, 0.3) is 0 Å². The first kappa shape index (κ1) is 16.4. The molecule has 9 heteroatoms. The molecule has 3 rings (SSSR count). The summed E-state index contributed by atoms with van der Waals surface area (Å²) in [5, 5.41) is 3.30. The predicted molar refractivity (Wildman–Crippen MR) is 75.2 cm³/mol. The average Bonchev–Trinajstić information content (AvgIpc) is 3.01. The minimum absolute atomic E-state index is 0.213. The minimum Gasteiger partial charge on any atom is -0.329 e. The van der Waals surface area contributed by atoms with Crippen LogP contribution in [0.4, 0.5) is 22.0 Å². The zero-order valence-corrected chi connectivity index (χ0v) is 12.5. The van der Waals surface area contributed by atoms with Crippen molar-refractivity contribution in [2.24, 2.45) is 0 Å². The molecule has 0 aliphatic carbocycles. The van der Waals surface area contributed by atoms with Crippen LogP contribution in [0.2, 0.25) is 0 Å². The molecule has 3 aromatic rings. The molecule has 0 fully saturated rings. The molecule has 0 aliphatic heterocycles. The Labute approximate surface area is 136 Å². The molecule has 0 atom stereocenters. The predicted octanol–water partition coefficient (Wildman–Crippen LogP) is 5.18. The fourth-order valence-electron chi connectivity index (χ4n) is 1.83. The normalized spacial score (nSPS) is 11.7. The molecule has 124 valence electrons. The van der Waals surface area contributed by atoms with Gasteiger partial charge < -0.3 is 4.52 Å². The Morgan fingerprint density at radius 2 is 1.67 bits per heavy atom. The van der Waals surface area contributed by atoms with Gasteiger partial charge in [0.05, 0.1) is 0 Å². The van der Waals surface area contributed by atoms with Crippen LogP contribution in [0.15, 0.2) is 56.8 Å². The summed E-state index contributed by atoms with van der Waals surface area (Å²) in [7, 11) is 0. The van der Waals surface area contributed by atoms with E-state index in [0.29, 0.717) is 15.4 Å². The summed E-state index contributed by atoms with van der Waals surface area (Å²) in [4.78, 5) is 4.34. The maximum Gasteiger partial charge on any atom is 0.471 e. The zero-order chi connectivity index (χ0) is 17.3. The van der Waals surface area contributed by atoms with Crippen LogP contribution in [-0.4, -0.2) is 10.1 Å². The standard InChI is InChI=1S/C15H7F5N2OS/c16-11-5-4-10(7-12(11)17)24-9-3-1-2-8(6-9)13-21-14(23-22-13)15(18,19)20/h1-7H. The van der Waals surface area contributed by atoms with Crippen molar-refractivity contribution in [2.75, 3.05) is 0 Å². The number of rotatable bonds is 3. The Hall–Kier alpha value is -2.42. The SMILES string of the molecule is Fc1ccc(Sc2cccc(-c3noc(C(F)(F)F)n3)c2)cc1F. The van der Waals surface area contributed by atoms with E-state index in [-0.39, 0.29) is 5.82 Å². The molecule has 0 amide bonds. The highest BCUT2D eigenvalue weighted by Gasteiger charge is 2.38. The van der Waals surface area contributed by atoms with Crippen LogP contribution in [-0.2, 0) is 6.18 Å². The average molecular weight is 358 g/mol. The summed E-state index contributed by atoms with van der Waals surface area (Å²) < 4.78 is 67.8. The lowest BCUT2D eigenvalue weighted by atomic mass is 10.2. The van der Waals surface area contributed by atoms with Crippen molar-refractivity contribution >= 4 is 11.8 Å². The van der Waals surface area contributed by atoms with Crippen molar-refractivity contribution in [2.45, 2.75) is 16.0 Å². The van der Waals surface area contributed by atoms with Crippen molar-refractivity contribution in [3.05, 3.63) is 60.0 Å². The third-order valence-electron chi connectivity index (χ3n) is 2.89. The topological polar surface area (TPSA) is 38.9 Å². The smallest absolute Gasteiger partial charge is 0.329 e. The molecule has 2 aromatic carbocycles. The minimum atomic E-state index is -4.72. The molecule has 0 aliphatic rings. The number of nitrogens with zero attached hydrogens (tertiary/aromatic N) is 2. The van der Waals surface area contributed by atoms with Crippen molar-refractivity contribution in [3.63, 3.8) is 0 Å². The van der Waals surface area contributed by atoms with Crippen molar-refractivity contribution < 1.29 is 26.5 Å². The van der Waals surface area contributed by atoms with Crippen LogP contribution in [0, 0.1) is 11.6 Å². The third kappa shape index (κ3) is 3.56. The zero-order valence-electron chi connectivity index (χ0n) is 11.6. The number of hydrogen-bond donors (Lipinski definition) is 0. The van der Waals surface area contributed by atoms with E-state index < -0.39 is 23.7 Å². The van der Waals surface area contributed by atoms with Crippen LogP contribution in [0.5, 0.6) is 0 Å². The Kier molecular flexibility index (Phi) is 4.27. The number of benzene rings is 2. The van der Waals surface area contributed by atoms with E-state index in [1.54, 1.807) is 12.1 Å². The molecular formula is C15H7F5N2OS. The van der Waals surface area contributed by atoms with Gasteiger partial charge in [-0.1, -0.05) is 29.1 Å². The van der Waals surface area contributed by atoms with Gasteiger partial charge in [-0.3, -0.25) is 0 Å². The lowest BCUT2D eigenvalue weighted by Gasteiger charge is -2.04. The summed E-state index contributed by atoms with van der Waals surface area (Å²) in [6, 6.07) is 9.71. The van der Waals surface area contributed by atoms with Gasteiger partial charge in [0.2, 0.25) is 5.82 Å². The number of hydrogen-bond acceptors (Lipinski definition) is 4. The largest absolute Gasteiger partial charge is 0.471 e. The van der Waals surface area contributed by atoms with Crippen molar-refractivity contribution in [1.82, 2.24) is 10.1 Å². The molecule has 0 saturated heterocycles. The molecule has 0 spiro atoms. The first-order chi connectivity index (χ1) is 11.3. The maximum absolute atomic E-state index is 13.2. The molecule has 0 unspecified atom stereocenters. The van der Waals surface area contributed by atoms with E-state index in [0.717, 1.165) is 23.9 Å². The van der Waals surface area contributed by atoms with Crippen molar-refractivity contribution in [1.29, 1.82) is 0 Å². The summed E-state index contributed by atoms with van der Waals surface area (Å²) >= 11 is 1.12. The fraction of sp³-hybridized carbons (Fsp3) is 0.0667. The molecule has 0 radical (unpaired) electrons. The Balaban J connectivity index is 1.86. The van der Waals surface area contributed by atoms with E-state index >= 15 is 0 Å². The second kappa shape index (κ2) is 6.23. The molecule has 1 aromatic heterocycles. The second-order valence-corrected chi connectivity index (χ2v) is 5.77. The quantitative estimate of drug-likeness (QED) is 0.605. The molecule has 3 nitrogen and oxygen atoms in total. The Morgan fingerprint density at radius 1 is 0.917 bits per heavy atom. The molecular weight excluding hydrogens is 351 g/mol. The van der Waals surface area contributed by atoms with E-state index in [4.69, 9.17) is 0 Å². The maximum atomic E-state index is 13.2. The molecule has 24 heavy (non-hydrogen) atoms. The van der Waals surface area contributed by atoms with Crippen LogP contribution in [0.1, 0.15) is 5.89 Å². The van der Waals surface area contributed by atoms with Crippen molar-refractivity contribution in [3.8, 4) is 11.4 Å². The Morgan fingerprint density at radius 3 is 2.33 bits per heavy atom. The molecule has 0 N–H and O–H groups in total. The van der Waals surface area contributed by atoms with Gasteiger partial charge in [-0.2, -0.15) is 18.2 Å². The van der Waals surface area contributed by atoms with Crippen LogP contribution in [0.25, 0.3) is 11.4 Å². The van der Waals surface area contributed by atoms with Gasteiger partial charge in [0.1, 0.15) is 0 Å². The summed E-state index contributed by atoms with van der Waals surface area (Å²) in [5.74, 6) is -3.59. The van der Waals surface area contributed by atoms with Gasteiger partial charge in [-0.25, -0.2) is 8.78 Å². The lowest BCUT2D eigenvalue weighted by molar-refractivity contribution is -0.159. The van der Waals surface area contributed by atoms with Gasteiger partial charge in [0.15, 0.2) is 11.6 Å². The van der Waals surface area contributed by atoms with Gasteiger partial charge in [-0.15, -0.1) is 0 Å². The van der Waals surface area contributed by atoms with Gasteiger partial charge >= 0.3 is 12.1 Å². The summed E-state index contributed by atoms with van der Waals surface area (Å²) in [6.07, 6.45) is -4.72. The first-order valence-corrected chi connectivity index (χ1v) is 7.29. The highest BCUT2D eigenvalue weighted by molar-refractivity contribution is 7.99. The monoisotopic (exact) mass is 358 g/mol. The highest BCUT2D eigenvalue weighted by Crippen LogP contribution is 2.33. The van der Waals surface area contributed by atoms with Gasteiger partial charge in [0, 0.05) is 15.4 Å². The molecule has 1 heterocycles. The second-order valence-electron chi connectivity index (χ2n) is 4.63. The lowest BCUT2D eigenvalue weighted by Crippen LogP contribution is -2.04. The van der Waals surface area contributed by atoms with E-state index in [1.807, 2.05) is 0 Å². The van der Waals surface area contributed by atoms with Crippen LogP contribution in [0.3, 0.4) is 0 Å².